The van der Waals surface area contributed by atoms with Gasteiger partial charge in [-0.3, -0.25) is 0 Å². The van der Waals surface area contributed by atoms with E-state index in [1.165, 1.54) is 18.4 Å². The van der Waals surface area contributed by atoms with Crippen LogP contribution in [0, 0.1) is 0 Å². The van der Waals surface area contributed by atoms with Gasteiger partial charge in [-0.25, -0.2) is 0 Å². The van der Waals surface area contributed by atoms with Gasteiger partial charge < -0.3 is 10.1 Å². The summed E-state index contributed by atoms with van der Waals surface area (Å²) >= 11 is 6.43. The lowest BCUT2D eigenvalue weighted by Gasteiger charge is -2.25. The van der Waals surface area contributed by atoms with Gasteiger partial charge in [0.25, 0.3) is 0 Å². The molecule has 0 atom stereocenters. The molecular weight excluding hydrogens is 246 g/mol. The van der Waals surface area contributed by atoms with Crippen molar-refractivity contribution in [3.63, 3.8) is 0 Å². The second kappa shape index (κ2) is 5.94. The molecule has 0 spiro atoms. The van der Waals surface area contributed by atoms with Gasteiger partial charge in [-0.05, 0) is 55.5 Å². The zero-order valence-corrected chi connectivity index (χ0v) is 12.2. The summed E-state index contributed by atoms with van der Waals surface area (Å²) in [5, 5.41) is 4.24. The van der Waals surface area contributed by atoms with Crippen LogP contribution in [-0.2, 0) is 0 Å². The summed E-state index contributed by atoms with van der Waals surface area (Å²) in [6.07, 6.45) is 2.36. The predicted octanol–water partition coefficient (Wildman–Crippen LogP) is 3.94. The second-order valence-corrected chi connectivity index (χ2v) is 5.70. The molecule has 3 heteroatoms. The van der Waals surface area contributed by atoms with Crippen LogP contribution in [0.15, 0.2) is 12.1 Å². The van der Waals surface area contributed by atoms with E-state index in [0.717, 1.165) is 29.4 Å². The van der Waals surface area contributed by atoms with E-state index in [-0.39, 0.29) is 0 Å². The minimum atomic E-state index is 0.384. The van der Waals surface area contributed by atoms with E-state index >= 15 is 0 Å². The van der Waals surface area contributed by atoms with Gasteiger partial charge in [-0.2, -0.15) is 0 Å². The molecule has 0 unspecified atom stereocenters. The Balaban J connectivity index is 2.35. The number of piperidine rings is 1. The minimum absolute atomic E-state index is 0.384. The fourth-order valence-corrected chi connectivity index (χ4v) is 3.17. The SMILES string of the molecule is COc1cc(C2CCNCC2)cc(Cl)c1C(C)C. The molecule has 0 saturated carbocycles. The highest BCUT2D eigenvalue weighted by Gasteiger charge is 2.20. The first kappa shape index (κ1) is 13.7. The maximum absolute atomic E-state index is 6.43. The third-order valence-electron chi connectivity index (χ3n) is 3.72. The molecule has 1 aromatic carbocycles. The van der Waals surface area contributed by atoms with Gasteiger partial charge >= 0.3 is 0 Å². The predicted molar refractivity (Wildman–Crippen MR) is 76.9 cm³/mol. The number of hydrogen-bond acceptors (Lipinski definition) is 2. The first-order chi connectivity index (χ1) is 8.63. The van der Waals surface area contributed by atoms with E-state index in [1.54, 1.807) is 7.11 Å². The Bertz CT molecular complexity index is 411. The number of ether oxygens (including phenoxy) is 1. The normalized spacial score (nSPS) is 17.2. The molecule has 0 aliphatic carbocycles. The molecule has 1 N–H and O–H groups in total. The van der Waals surface area contributed by atoms with Crippen molar-refractivity contribution in [2.45, 2.75) is 38.5 Å². The quantitative estimate of drug-likeness (QED) is 0.896. The molecule has 0 radical (unpaired) electrons. The first-order valence-corrected chi connectivity index (χ1v) is 7.09. The lowest BCUT2D eigenvalue weighted by molar-refractivity contribution is 0.404. The Morgan fingerprint density at radius 1 is 1.28 bits per heavy atom. The van der Waals surface area contributed by atoms with Crippen molar-refractivity contribution in [1.29, 1.82) is 0 Å². The minimum Gasteiger partial charge on any atom is -0.496 e. The number of nitrogens with one attached hydrogen (secondary N) is 1. The van der Waals surface area contributed by atoms with Crippen molar-refractivity contribution in [3.8, 4) is 5.75 Å². The van der Waals surface area contributed by atoms with Crippen molar-refractivity contribution >= 4 is 11.6 Å². The van der Waals surface area contributed by atoms with E-state index in [4.69, 9.17) is 16.3 Å². The number of halogens is 1. The number of rotatable bonds is 3. The third kappa shape index (κ3) is 2.81. The van der Waals surface area contributed by atoms with Gasteiger partial charge in [0.1, 0.15) is 5.75 Å². The average Bonchev–Trinajstić information content (AvgIpc) is 2.38. The van der Waals surface area contributed by atoms with Crippen molar-refractivity contribution in [2.75, 3.05) is 20.2 Å². The highest BCUT2D eigenvalue weighted by atomic mass is 35.5. The molecule has 18 heavy (non-hydrogen) atoms. The molecule has 2 nitrogen and oxygen atoms in total. The van der Waals surface area contributed by atoms with Crippen LogP contribution in [0.1, 0.15) is 49.7 Å². The topological polar surface area (TPSA) is 21.3 Å². The summed E-state index contributed by atoms with van der Waals surface area (Å²) in [5.74, 6) is 1.93. The highest BCUT2D eigenvalue weighted by molar-refractivity contribution is 6.31. The lowest BCUT2D eigenvalue weighted by atomic mass is 9.88. The molecule has 0 amide bonds. The van der Waals surface area contributed by atoms with E-state index in [1.807, 2.05) is 0 Å². The summed E-state index contributed by atoms with van der Waals surface area (Å²) in [6.45, 7) is 6.48. The maximum atomic E-state index is 6.43. The zero-order valence-electron chi connectivity index (χ0n) is 11.4. The number of hydrogen-bond donors (Lipinski definition) is 1. The lowest BCUT2D eigenvalue weighted by Crippen LogP contribution is -2.26. The monoisotopic (exact) mass is 267 g/mol. The molecule has 1 fully saturated rings. The Kier molecular flexibility index (Phi) is 4.52. The molecule has 100 valence electrons. The van der Waals surface area contributed by atoms with Gasteiger partial charge in [-0.15, -0.1) is 0 Å². The van der Waals surface area contributed by atoms with Crippen molar-refractivity contribution in [3.05, 3.63) is 28.3 Å². The molecule has 0 bridgehead atoms. The van der Waals surface area contributed by atoms with Crippen LogP contribution >= 0.6 is 11.6 Å². The van der Waals surface area contributed by atoms with E-state index in [2.05, 4.69) is 31.3 Å². The van der Waals surface area contributed by atoms with Crippen LogP contribution in [0.5, 0.6) is 5.75 Å². The number of benzene rings is 1. The third-order valence-corrected chi connectivity index (χ3v) is 4.03. The van der Waals surface area contributed by atoms with Crippen molar-refractivity contribution < 1.29 is 4.74 Å². The molecule has 1 aliphatic heterocycles. The summed E-state index contributed by atoms with van der Waals surface area (Å²) in [5.41, 5.74) is 2.44. The molecular formula is C15H22ClNO. The standard InChI is InChI=1S/C15H22ClNO/c1-10(2)15-13(16)8-12(9-14(15)18-3)11-4-6-17-7-5-11/h8-11,17H,4-7H2,1-3H3. The van der Waals surface area contributed by atoms with E-state index in [9.17, 15) is 0 Å². The van der Waals surface area contributed by atoms with Crippen LogP contribution in [0.2, 0.25) is 5.02 Å². The average molecular weight is 268 g/mol. The van der Waals surface area contributed by atoms with Crippen LogP contribution in [0.4, 0.5) is 0 Å². The molecule has 0 aromatic heterocycles. The van der Waals surface area contributed by atoms with Gasteiger partial charge in [0, 0.05) is 10.6 Å². The smallest absolute Gasteiger partial charge is 0.124 e. The zero-order chi connectivity index (χ0) is 13.1. The van der Waals surface area contributed by atoms with Crippen LogP contribution in [0.25, 0.3) is 0 Å². The van der Waals surface area contributed by atoms with E-state index < -0.39 is 0 Å². The van der Waals surface area contributed by atoms with Crippen LogP contribution in [-0.4, -0.2) is 20.2 Å². The van der Waals surface area contributed by atoms with Crippen LogP contribution < -0.4 is 10.1 Å². The van der Waals surface area contributed by atoms with Crippen LogP contribution in [0.3, 0.4) is 0 Å². The summed E-state index contributed by atoms with van der Waals surface area (Å²) in [4.78, 5) is 0. The van der Waals surface area contributed by atoms with Crippen molar-refractivity contribution in [1.82, 2.24) is 5.32 Å². The Hall–Kier alpha value is -0.730. The largest absolute Gasteiger partial charge is 0.496 e. The second-order valence-electron chi connectivity index (χ2n) is 5.30. The first-order valence-electron chi connectivity index (χ1n) is 6.71. The van der Waals surface area contributed by atoms with Crippen molar-refractivity contribution in [2.24, 2.45) is 0 Å². The molecule has 1 aliphatic rings. The summed E-state index contributed by atoms with van der Waals surface area (Å²) < 4.78 is 5.52. The fourth-order valence-electron chi connectivity index (χ4n) is 2.73. The van der Waals surface area contributed by atoms with Gasteiger partial charge in [0.2, 0.25) is 0 Å². The Labute approximate surface area is 115 Å². The van der Waals surface area contributed by atoms with E-state index in [0.29, 0.717) is 11.8 Å². The van der Waals surface area contributed by atoms with Gasteiger partial charge in [-0.1, -0.05) is 25.4 Å². The Morgan fingerprint density at radius 3 is 2.50 bits per heavy atom. The molecule has 1 saturated heterocycles. The van der Waals surface area contributed by atoms with Gasteiger partial charge in [0.15, 0.2) is 0 Å². The fraction of sp³-hybridized carbons (Fsp3) is 0.600. The summed E-state index contributed by atoms with van der Waals surface area (Å²) in [6, 6.07) is 4.31. The Morgan fingerprint density at radius 2 is 1.94 bits per heavy atom. The van der Waals surface area contributed by atoms with Gasteiger partial charge in [0.05, 0.1) is 7.11 Å². The number of methoxy groups -OCH3 is 1. The molecule has 2 rings (SSSR count). The molecule has 1 aromatic rings. The highest BCUT2D eigenvalue weighted by Crippen LogP contribution is 2.38. The molecule has 1 heterocycles. The maximum Gasteiger partial charge on any atom is 0.124 e. The summed E-state index contributed by atoms with van der Waals surface area (Å²) in [7, 11) is 1.73.